The van der Waals surface area contributed by atoms with Gasteiger partial charge in [0.1, 0.15) is 5.75 Å². The monoisotopic (exact) mass is 271 g/mol. The molecule has 20 heavy (non-hydrogen) atoms. The summed E-state index contributed by atoms with van der Waals surface area (Å²) in [5.41, 5.74) is 4.09. The lowest BCUT2D eigenvalue weighted by Gasteiger charge is -2.44. The molecule has 2 heterocycles. The van der Waals surface area contributed by atoms with Gasteiger partial charge in [-0.3, -0.25) is 4.90 Å². The SMILES string of the molecule is COc1ccc2c(c1)CCN1[C@H]3CCCC3=C(O)C[C@@H]21. The maximum absolute atomic E-state index is 10.4. The summed E-state index contributed by atoms with van der Waals surface area (Å²) in [5.74, 6) is 1.60. The summed E-state index contributed by atoms with van der Waals surface area (Å²) in [6.07, 6.45) is 5.40. The number of ether oxygens (including phenoxy) is 1. The first-order valence-corrected chi connectivity index (χ1v) is 7.61. The molecule has 106 valence electrons. The zero-order chi connectivity index (χ0) is 13.7. The van der Waals surface area contributed by atoms with E-state index in [-0.39, 0.29) is 0 Å². The van der Waals surface area contributed by atoms with Crippen LogP contribution in [-0.2, 0) is 6.42 Å². The highest BCUT2D eigenvalue weighted by Gasteiger charge is 2.41. The second-order valence-electron chi connectivity index (χ2n) is 6.15. The fourth-order valence-electron chi connectivity index (χ4n) is 4.28. The number of nitrogens with zero attached hydrogens (tertiary/aromatic N) is 1. The summed E-state index contributed by atoms with van der Waals surface area (Å²) in [4.78, 5) is 2.62. The van der Waals surface area contributed by atoms with E-state index in [1.54, 1.807) is 7.11 Å². The molecule has 3 nitrogen and oxygen atoms in total. The standard InChI is InChI=1S/C17H21NO2/c1-20-12-5-6-13-11(9-12)7-8-18-15-4-2-3-14(15)17(19)10-16(13)18/h5-6,9,15-16,19H,2-4,7-8,10H2,1H3/t15-,16-/m0/s1. The minimum Gasteiger partial charge on any atom is -0.512 e. The normalized spacial score (nSPS) is 28.9. The summed E-state index contributed by atoms with van der Waals surface area (Å²) >= 11 is 0. The smallest absolute Gasteiger partial charge is 0.119 e. The van der Waals surface area contributed by atoms with E-state index in [0.717, 1.165) is 31.6 Å². The molecule has 1 aromatic carbocycles. The number of methoxy groups -OCH3 is 1. The van der Waals surface area contributed by atoms with Crippen LogP contribution in [0.4, 0.5) is 0 Å². The van der Waals surface area contributed by atoms with Gasteiger partial charge in [-0.1, -0.05) is 6.07 Å². The largest absolute Gasteiger partial charge is 0.512 e. The van der Waals surface area contributed by atoms with Gasteiger partial charge in [0.2, 0.25) is 0 Å². The molecular formula is C17H21NO2. The van der Waals surface area contributed by atoms with Crippen LogP contribution < -0.4 is 4.74 Å². The van der Waals surface area contributed by atoms with Crippen LogP contribution in [-0.4, -0.2) is 29.7 Å². The molecule has 0 aromatic heterocycles. The van der Waals surface area contributed by atoms with E-state index in [4.69, 9.17) is 4.74 Å². The summed E-state index contributed by atoms with van der Waals surface area (Å²) < 4.78 is 5.33. The second kappa shape index (κ2) is 4.52. The van der Waals surface area contributed by atoms with Gasteiger partial charge in [-0.15, -0.1) is 0 Å². The zero-order valence-electron chi connectivity index (χ0n) is 11.9. The van der Waals surface area contributed by atoms with Crippen LogP contribution in [0, 0.1) is 0 Å². The van der Waals surface area contributed by atoms with Gasteiger partial charge >= 0.3 is 0 Å². The lowest BCUT2D eigenvalue weighted by atomic mass is 9.84. The number of hydrogen-bond acceptors (Lipinski definition) is 3. The second-order valence-corrected chi connectivity index (χ2v) is 6.15. The van der Waals surface area contributed by atoms with Crippen molar-refractivity contribution in [2.75, 3.05) is 13.7 Å². The van der Waals surface area contributed by atoms with E-state index in [2.05, 4.69) is 17.0 Å². The summed E-state index contributed by atoms with van der Waals surface area (Å²) in [6.45, 7) is 1.10. The molecule has 2 atom stereocenters. The van der Waals surface area contributed by atoms with E-state index in [1.165, 1.54) is 29.5 Å². The Bertz CT molecular complexity index is 578. The quantitative estimate of drug-likeness (QED) is 0.850. The molecule has 1 saturated carbocycles. The maximum atomic E-state index is 10.4. The van der Waals surface area contributed by atoms with Crippen molar-refractivity contribution in [1.82, 2.24) is 4.90 Å². The fourth-order valence-corrected chi connectivity index (χ4v) is 4.28. The van der Waals surface area contributed by atoms with Crippen molar-refractivity contribution in [2.45, 2.75) is 44.2 Å². The number of aliphatic hydroxyl groups excluding tert-OH is 1. The van der Waals surface area contributed by atoms with Gasteiger partial charge in [-0.2, -0.15) is 0 Å². The lowest BCUT2D eigenvalue weighted by molar-refractivity contribution is 0.111. The third-order valence-corrected chi connectivity index (χ3v) is 5.23. The number of aliphatic hydroxyl groups is 1. The molecule has 0 unspecified atom stereocenters. The fraction of sp³-hybridized carbons (Fsp3) is 0.529. The molecule has 1 N–H and O–H groups in total. The highest BCUT2D eigenvalue weighted by molar-refractivity contribution is 5.41. The van der Waals surface area contributed by atoms with Gasteiger partial charge in [0, 0.05) is 25.0 Å². The number of benzene rings is 1. The molecule has 3 aliphatic rings. The Kier molecular flexibility index (Phi) is 2.77. The molecule has 1 aliphatic carbocycles. The average molecular weight is 271 g/mol. The average Bonchev–Trinajstić information content (AvgIpc) is 2.97. The van der Waals surface area contributed by atoms with Crippen molar-refractivity contribution in [3.05, 3.63) is 40.7 Å². The third-order valence-electron chi connectivity index (χ3n) is 5.23. The first-order valence-electron chi connectivity index (χ1n) is 7.61. The molecule has 0 saturated heterocycles. The van der Waals surface area contributed by atoms with Crippen LogP contribution in [0.1, 0.15) is 42.9 Å². The van der Waals surface area contributed by atoms with Crippen LogP contribution in [0.5, 0.6) is 5.75 Å². The topological polar surface area (TPSA) is 32.7 Å². The lowest BCUT2D eigenvalue weighted by Crippen LogP contribution is -2.45. The van der Waals surface area contributed by atoms with Gasteiger partial charge in [0.25, 0.3) is 0 Å². The first kappa shape index (κ1) is 12.3. The maximum Gasteiger partial charge on any atom is 0.119 e. The zero-order valence-corrected chi connectivity index (χ0v) is 11.9. The Balaban J connectivity index is 1.75. The van der Waals surface area contributed by atoms with Gasteiger partial charge < -0.3 is 9.84 Å². The van der Waals surface area contributed by atoms with Gasteiger partial charge in [-0.05, 0) is 54.5 Å². The Hall–Kier alpha value is -1.48. The predicted molar refractivity (Wildman–Crippen MR) is 78.1 cm³/mol. The van der Waals surface area contributed by atoms with Gasteiger partial charge in [0.15, 0.2) is 0 Å². The van der Waals surface area contributed by atoms with E-state index >= 15 is 0 Å². The molecule has 2 aliphatic heterocycles. The first-order chi connectivity index (χ1) is 9.78. The Labute approximate surface area is 119 Å². The van der Waals surface area contributed by atoms with Crippen molar-refractivity contribution in [2.24, 2.45) is 0 Å². The van der Waals surface area contributed by atoms with Crippen molar-refractivity contribution in [3.63, 3.8) is 0 Å². The predicted octanol–water partition coefficient (Wildman–Crippen LogP) is 3.36. The van der Waals surface area contributed by atoms with Crippen LogP contribution in [0.15, 0.2) is 29.5 Å². The minimum absolute atomic E-state index is 0.358. The van der Waals surface area contributed by atoms with Crippen LogP contribution in [0.25, 0.3) is 0 Å². The Morgan fingerprint density at radius 2 is 2.15 bits per heavy atom. The number of hydrogen-bond donors (Lipinski definition) is 1. The Morgan fingerprint density at radius 1 is 1.25 bits per heavy atom. The van der Waals surface area contributed by atoms with Crippen LogP contribution in [0.3, 0.4) is 0 Å². The highest BCUT2D eigenvalue weighted by Crippen LogP contribution is 2.46. The summed E-state index contributed by atoms with van der Waals surface area (Å²) in [5, 5.41) is 10.4. The summed E-state index contributed by atoms with van der Waals surface area (Å²) in [6, 6.07) is 7.25. The Morgan fingerprint density at radius 3 is 3.00 bits per heavy atom. The molecule has 4 rings (SSSR count). The van der Waals surface area contributed by atoms with E-state index in [0.29, 0.717) is 17.8 Å². The molecule has 0 bridgehead atoms. The molecule has 1 aromatic rings. The van der Waals surface area contributed by atoms with Gasteiger partial charge in [-0.25, -0.2) is 0 Å². The van der Waals surface area contributed by atoms with Crippen molar-refractivity contribution >= 4 is 0 Å². The summed E-state index contributed by atoms with van der Waals surface area (Å²) in [7, 11) is 1.72. The number of fused-ring (bicyclic) bond motifs is 5. The van der Waals surface area contributed by atoms with Crippen LogP contribution in [0.2, 0.25) is 0 Å². The van der Waals surface area contributed by atoms with E-state index in [9.17, 15) is 5.11 Å². The molecular weight excluding hydrogens is 250 g/mol. The van der Waals surface area contributed by atoms with Gasteiger partial charge in [0.05, 0.1) is 12.9 Å². The molecule has 0 amide bonds. The van der Waals surface area contributed by atoms with Crippen molar-refractivity contribution < 1.29 is 9.84 Å². The molecule has 1 fully saturated rings. The minimum atomic E-state index is 0.358. The highest BCUT2D eigenvalue weighted by atomic mass is 16.5. The third kappa shape index (κ3) is 1.69. The van der Waals surface area contributed by atoms with Crippen molar-refractivity contribution in [1.29, 1.82) is 0 Å². The van der Waals surface area contributed by atoms with Crippen molar-refractivity contribution in [3.8, 4) is 5.75 Å². The molecule has 0 spiro atoms. The molecule has 3 heteroatoms. The van der Waals surface area contributed by atoms with E-state index < -0.39 is 0 Å². The molecule has 0 radical (unpaired) electrons. The van der Waals surface area contributed by atoms with Crippen LogP contribution >= 0.6 is 0 Å². The van der Waals surface area contributed by atoms with E-state index in [1.807, 2.05) is 6.07 Å². The number of rotatable bonds is 1.